The smallest absolute Gasteiger partial charge is 0.115 e. The topological polar surface area (TPSA) is 40.5 Å². The predicted octanol–water partition coefficient (Wildman–Crippen LogP) is 5.27. The van der Waals surface area contributed by atoms with Crippen LogP contribution in [0.5, 0.6) is 11.5 Å². The highest BCUT2D eigenvalue weighted by molar-refractivity contribution is 5.50. The average Bonchev–Trinajstić information content (AvgIpc) is 2.55. The van der Waals surface area contributed by atoms with Gasteiger partial charge >= 0.3 is 0 Å². The van der Waals surface area contributed by atoms with E-state index < -0.39 is 0 Å². The maximum atomic E-state index is 9.87. The molecule has 2 aromatic rings. The number of benzene rings is 2. The number of rotatable bonds is 7. The number of hydrogen-bond acceptors (Lipinski definition) is 2. The monoisotopic (exact) mass is 322 g/mol. The Balaban J connectivity index is 2.69. The first kappa shape index (κ1) is 17.9. The van der Waals surface area contributed by atoms with Crippen molar-refractivity contribution in [1.29, 1.82) is 0 Å². The van der Waals surface area contributed by atoms with Crippen LogP contribution in [0.4, 0.5) is 0 Å². The molecule has 2 nitrogen and oxygen atoms in total. The van der Waals surface area contributed by atoms with Crippen LogP contribution < -0.4 is 0 Å². The summed E-state index contributed by atoms with van der Waals surface area (Å²) in [6, 6.07) is 11.1. The fraction of sp³-hybridized carbons (Fsp3) is 0.273. The van der Waals surface area contributed by atoms with Crippen molar-refractivity contribution in [2.24, 2.45) is 0 Å². The quantitative estimate of drug-likeness (QED) is 0.682. The molecule has 0 unspecified atom stereocenters. The van der Waals surface area contributed by atoms with E-state index in [-0.39, 0.29) is 16.9 Å². The van der Waals surface area contributed by atoms with E-state index in [4.69, 9.17) is 0 Å². The van der Waals surface area contributed by atoms with Gasteiger partial charge in [-0.2, -0.15) is 0 Å². The molecular formula is C22H26O2. The lowest BCUT2D eigenvalue weighted by Gasteiger charge is -2.34. The van der Waals surface area contributed by atoms with Crippen molar-refractivity contribution < 1.29 is 10.2 Å². The molecule has 0 aliphatic carbocycles. The Morgan fingerprint density at radius 2 is 1.29 bits per heavy atom. The summed E-state index contributed by atoms with van der Waals surface area (Å²) in [5.41, 5.74) is 4.29. The van der Waals surface area contributed by atoms with Gasteiger partial charge in [0.1, 0.15) is 11.5 Å². The lowest BCUT2D eigenvalue weighted by atomic mass is 9.70. The average molecular weight is 322 g/mol. The molecule has 0 atom stereocenters. The maximum Gasteiger partial charge on any atom is 0.115 e. The van der Waals surface area contributed by atoms with Gasteiger partial charge in [-0.3, -0.25) is 0 Å². The van der Waals surface area contributed by atoms with Crippen molar-refractivity contribution in [1.82, 2.24) is 0 Å². The summed E-state index contributed by atoms with van der Waals surface area (Å²) >= 11 is 0. The van der Waals surface area contributed by atoms with Gasteiger partial charge in [0, 0.05) is 5.41 Å². The molecule has 24 heavy (non-hydrogen) atoms. The van der Waals surface area contributed by atoms with E-state index in [9.17, 15) is 10.2 Å². The molecular weight excluding hydrogens is 296 g/mol. The van der Waals surface area contributed by atoms with E-state index in [2.05, 4.69) is 27.0 Å². The molecule has 2 N–H and O–H groups in total. The highest BCUT2D eigenvalue weighted by Gasteiger charge is 2.31. The maximum absolute atomic E-state index is 9.87. The first-order valence-corrected chi connectivity index (χ1v) is 8.32. The zero-order chi connectivity index (χ0) is 17.7. The summed E-state index contributed by atoms with van der Waals surface area (Å²) < 4.78 is 0. The summed E-state index contributed by atoms with van der Waals surface area (Å²) in [7, 11) is 0. The Bertz CT molecular complexity index is 684. The standard InChI is InChI=1S/C22H26O2/c1-5-8-16-14-18(23)10-12-20(16)22(4,7-3)21-13-11-19(24)15-17(21)9-6-2/h5-6,10-15,23-24H,1-2,7-9H2,3-4H3. The lowest BCUT2D eigenvalue weighted by molar-refractivity contribution is 0.470. The third-order valence-corrected chi connectivity index (χ3v) is 4.80. The first-order valence-electron chi connectivity index (χ1n) is 8.32. The van der Waals surface area contributed by atoms with Crippen LogP contribution in [0.25, 0.3) is 0 Å². The molecule has 0 heterocycles. The molecule has 0 aliphatic heterocycles. The fourth-order valence-corrected chi connectivity index (χ4v) is 3.41. The van der Waals surface area contributed by atoms with Crippen molar-refractivity contribution in [3.63, 3.8) is 0 Å². The van der Waals surface area contributed by atoms with Crippen LogP contribution >= 0.6 is 0 Å². The Hall–Kier alpha value is -2.48. The zero-order valence-corrected chi connectivity index (χ0v) is 14.5. The van der Waals surface area contributed by atoms with Gasteiger partial charge < -0.3 is 10.2 Å². The summed E-state index contributed by atoms with van der Waals surface area (Å²) in [5.74, 6) is 0.539. The predicted molar refractivity (Wildman–Crippen MR) is 101 cm³/mol. The molecule has 0 spiro atoms. The van der Waals surface area contributed by atoms with Crippen LogP contribution in [0, 0.1) is 0 Å². The zero-order valence-electron chi connectivity index (χ0n) is 14.5. The summed E-state index contributed by atoms with van der Waals surface area (Å²) in [6.07, 6.45) is 6.02. The van der Waals surface area contributed by atoms with E-state index in [0.717, 1.165) is 17.5 Å². The van der Waals surface area contributed by atoms with Gasteiger partial charge in [0.25, 0.3) is 0 Å². The van der Waals surface area contributed by atoms with Gasteiger partial charge in [0.15, 0.2) is 0 Å². The molecule has 2 aromatic carbocycles. The summed E-state index contributed by atoms with van der Waals surface area (Å²) in [5, 5.41) is 19.7. The van der Waals surface area contributed by atoms with Crippen LogP contribution in [0.15, 0.2) is 61.7 Å². The molecule has 0 aromatic heterocycles. The molecule has 0 amide bonds. The molecule has 0 fully saturated rings. The van der Waals surface area contributed by atoms with Gasteiger partial charge in [-0.1, -0.05) is 38.1 Å². The Morgan fingerprint density at radius 1 is 0.875 bits per heavy atom. The molecule has 2 rings (SSSR count). The first-order chi connectivity index (χ1) is 11.5. The van der Waals surface area contributed by atoms with Gasteiger partial charge in [-0.15, -0.1) is 13.2 Å². The molecule has 0 saturated carbocycles. The Labute approximate surface area is 144 Å². The van der Waals surface area contributed by atoms with Crippen LogP contribution in [0.3, 0.4) is 0 Å². The highest BCUT2D eigenvalue weighted by Crippen LogP contribution is 2.41. The lowest BCUT2D eigenvalue weighted by Crippen LogP contribution is -2.26. The molecule has 0 radical (unpaired) electrons. The highest BCUT2D eigenvalue weighted by atomic mass is 16.3. The van der Waals surface area contributed by atoms with Crippen LogP contribution in [-0.4, -0.2) is 10.2 Å². The van der Waals surface area contributed by atoms with Crippen LogP contribution in [0.2, 0.25) is 0 Å². The SMILES string of the molecule is C=CCc1cc(O)ccc1C(C)(CC)c1ccc(O)cc1CC=C. The van der Waals surface area contributed by atoms with Crippen molar-refractivity contribution in [3.05, 3.63) is 84.0 Å². The van der Waals surface area contributed by atoms with E-state index >= 15 is 0 Å². The second-order valence-electron chi connectivity index (χ2n) is 6.35. The normalized spacial score (nSPS) is 11.2. The molecule has 126 valence electrons. The van der Waals surface area contributed by atoms with Crippen molar-refractivity contribution in [2.45, 2.75) is 38.5 Å². The molecule has 0 bridgehead atoms. The number of phenolic OH excluding ortho intramolecular Hbond substituents is 2. The third-order valence-electron chi connectivity index (χ3n) is 4.80. The second-order valence-corrected chi connectivity index (χ2v) is 6.35. The van der Waals surface area contributed by atoms with Crippen molar-refractivity contribution >= 4 is 0 Å². The minimum atomic E-state index is -0.224. The van der Waals surface area contributed by atoms with Gasteiger partial charge in [-0.05, 0) is 65.8 Å². The third kappa shape index (κ3) is 3.38. The minimum Gasteiger partial charge on any atom is -0.508 e. The number of phenols is 2. The van der Waals surface area contributed by atoms with E-state index in [1.54, 1.807) is 12.1 Å². The molecule has 2 heteroatoms. The van der Waals surface area contributed by atoms with E-state index in [1.807, 2.05) is 36.4 Å². The van der Waals surface area contributed by atoms with Crippen LogP contribution in [-0.2, 0) is 18.3 Å². The van der Waals surface area contributed by atoms with Gasteiger partial charge in [0.2, 0.25) is 0 Å². The largest absolute Gasteiger partial charge is 0.508 e. The van der Waals surface area contributed by atoms with Gasteiger partial charge in [0.05, 0.1) is 0 Å². The van der Waals surface area contributed by atoms with Crippen molar-refractivity contribution in [3.8, 4) is 11.5 Å². The molecule has 0 aliphatic rings. The van der Waals surface area contributed by atoms with Crippen molar-refractivity contribution in [2.75, 3.05) is 0 Å². The minimum absolute atomic E-state index is 0.224. The molecule has 0 saturated heterocycles. The van der Waals surface area contributed by atoms with Crippen LogP contribution in [0.1, 0.15) is 42.5 Å². The fourth-order valence-electron chi connectivity index (χ4n) is 3.41. The van der Waals surface area contributed by atoms with Gasteiger partial charge in [-0.25, -0.2) is 0 Å². The number of allylic oxidation sites excluding steroid dienone is 2. The van der Waals surface area contributed by atoms with E-state index in [0.29, 0.717) is 12.8 Å². The Kier molecular flexibility index (Phi) is 5.50. The Morgan fingerprint density at radius 3 is 1.62 bits per heavy atom. The van der Waals surface area contributed by atoms with E-state index in [1.165, 1.54) is 11.1 Å². The number of aromatic hydroxyl groups is 2. The summed E-state index contributed by atoms with van der Waals surface area (Å²) in [4.78, 5) is 0. The second kappa shape index (κ2) is 7.39. The summed E-state index contributed by atoms with van der Waals surface area (Å²) in [6.45, 7) is 12.1. The number of hydrogen-bond donors (Lipinski definition) is 2.